The summed E-state index contributed by atoms with van der Waals surface area (Å²) in [5.41, 5.74) is -1.92. The third kappa shape index (κ3) is 2.68. The minimum Gasteiger partial charge on any atom is -0.762 e. The number of nitrogens with zero attached hydrogens (tertiary/aromatic N) is 5. The minimum atomic E-state index is -0.887. The molecule has 0 atom stereocenters. The van der Waals surface area contributed by atoms with Gasteiger partial charge in [-0.25, -0.2) is 5.87 Å². The monoisotopic (exact) mass is 280 g/mol. The molecule has 0 N–H and O–H groups in total. The number of hydrogen-bond donors (Lipinski definition) is 0. The van der Waals surface area contributed by atoms with Gasteiger partial charge in [0.2, 0.25) is 0 Å². The lowest BCUT2D eigenvalue weighted by atomic mass is 10.1. The average Bonchev–Trinajstić information content (AvgIpc) is 2.38. The first-order chi connectivity index (χ1) is 8.97. The Hall–Kier alpha value is -2.49. The first kappa shape index (κ1) is 14.6. The fourth-order valence-corrected chi connectivity index (χ4v) is 1.65. The van der Waals surface area contributed by atoms with Crippen molar-refractivity contribution in [2.75, 3.05) is 0 Å². The van der Waals surface area contributed by atoms with Crippen molar-refractivity contribution in [3.05, 3.63) is 36.5 Å². The van der Waals surface area contributed by atoms with Crippen molar-refractivity contribution in [3.63, 3.8) is 0 Å². The normalized spacial score (nSPS) is 9.53. The third-order valence-corrected chi connectivity index (χ3v) is 2.51. The van der Waals surface area contributed by atoms with Gasteiger partial charge < -0.3 is 15.5 Å². The molecule has 1 heterocycles. The zero-order chi connectivity index (χ0) is 14.6. The maximum Gasteiger partial charge on any atom is 0.399 e. The highest BCUT2D eigenvalue weighted by Gasteiger charge is 2.27. The summed E-state index contributed by atoms with van der Waals surface area (Å²) in [5.74, 6) is 0.680. The van der Waals surface area contributed by atoms with Crippen LogP contribution in [0.4, 0.5) is 5.82 Å². The molecule has 0 aromatic carbocycles. The van der Waals surface area contributed by atoms with E-state index in [1.165, 1.54) is 11.9 Å². The molecular weight excluding hydrogens is 274 g/mol. The van der Waals surface area contributed by atoms with Crippen molar-refractivity contribution in [2.24, 2.45) is 0 Å². The van der Waals surface area contributed by atoms with Crippen LogP contribution in [0.2, 0.25) is 5.02 Å². The van der Waals surface area contributed by atoms with E-state index >= 15 is 0 Å². The maximum atomic E-state index is 11.8. The van der Waals surface area contributed by atoms with Crippen LogP contribution in [-0.2, 0) is 6.54 Å². The van der Waals surface area contributed by atoms with E-state index in [9.17, 15) is 14.9 Å². The van der Waals surface area contributed by atoms with E-state index < -0.39 is 32.5 Å². The molecule has 1 aromatic rings. The summed E-state index contributed by atoms with van der Waals surface area (Å²) < 4.78 is 0.844. The minimum absolute atomic E-state index is 0.147. The molecule has 8 nitrogen and oxygen atoms in total. The topological polar surface area (TPSA) is 124 Å². The number of allylic oxidation sites excluding steroid dienone is 1. The number of hydrogen-bond acceptors (Lipinski definition) is 5. The molecule has 0 bridgehead atoms. The zero-order valence-electron chi connectivity index (χ0n) is 9.75. The molecule has 9 heteroatoms. The second-order valence-corrected chi connectivity index (χ2v) is 3.77. The van der Waals surface area contributed by atoms with E-state index in [0.717, 1.165) is 4.68 Å². The fourth-order valence-electron chi connectivity index (χ4n) is 1.38. The van der Waals surface area contributed by atoms with Gasteiger partial charge >= 0.3 is 11.4 Å². The second kappa shape index (κ2) is 5.91. The van der Waals surface area contributed by atoms with Crippen LogP contribution in [0.25, 0.3) is 11.0 Å². The quantitative estimate of drug-likeness (QED) is 0.356. The molecule has 0 saturated heterocycles. The lowest BCUT2D eigenvalue weighted by Crippen LogP contribution is -2.26. The zero-order valence-corrected chi connectivity index (χ0v) is 10.5. The Balaban J connectivity index is 3.78. The molecule has 1 aromatic heterocycles. The predicted molar refractivity (Wildman–Crippen MR) is 67.8 cm³/mol. The molecule has 0 spiro atoms. The highest BCUT2D eigenvalue weighted by molar-refractivity contribution is 6.33. The SMILES string of the molecule is CCCn1nc([N+](=O)[O-])c(C(=C=[N-])C#N)c(Cl)c1=O. The molecule has 0 radical (unpaired) electrons. The van der Waals surface area contributed by atoms with Crippen molar-refractivity contribution in [3.8, 4) is 6.07 Å². The number of nitriles is 1. The molecule has 0 unspecified atom stereocenters. The van der Waals surface area contributed by atoms with Gasteiger partial charge in [-0.2, -0.15) is 5.26 Å². The molecule has 19 heavy (non-hydrogen) atoms. The van der Waals surface area contributed by atoms with Gasteiger partial charge in [-0.05, 0) is 11.3 Å². The number of aromatic nitrogens is 2. The van der Waals surface area contributed by atoms with Gasteiger partial charge in [0.25, 0.3) is 0 Å². The van der Waals surface area contributed by atoms with Gasteiger partial charge in [0.05, 0.1) is 17.2 Å². The van der Waals surface area contributed by atoms with Crippen LogP contribution in [-0.4, -0.2) is 20.6 Å². The summed E-state index contributed by atoms with van der Waals surface area (Å²) in [4.78, 5) is 21.8. The van der Waals surface area contributed by atoms with E-state index in [-0.39, 0.29) is 6.54 Å². The van der Waals surface area contributed by atoms with Crippen molar-refractivity contribution in [1.29, 1.82) is 5.26 Å². The van der Waals surface area contributed by atoms with Gasteiger partial charge in [0, 0.05) is 0 Å². The van der Waals surface area contributed by atoms with Crippen molar-refractivity contribution in [2.45, 2.75) is 19.9 Å². The number of aryl methyl sites for hydroxylation is 1. The van der Waals surface area contributed by atoms with Gasteiger partial charge in [-0.3, -0.25) is 4.79 Å². The Bertz CT molecular complexity index is 682. The molecule has 0 aliphatic heterocycles. The van der Waals surface area contributed by atoms with Crippen LogP contribution in [0, 0.1) is 21.4 Å². The van der Waals surface area contributed by atoms with Crippen LogP contribution >= 0.6 is 11.6 Å². The smallest absolute Gasteiger partial charge is 0.399 e. The molecular formula is C10H7ClN5O3-. The van der Waals surface area contributed by atoms with Gasteiger partial charge in [-0.1, -0.05) is 18.5 Å². The fraction of sp³-hybridized carbons (Fsp3) is 0.300. The summed E-state index contributed by atoms with van der Waals surface area (Å²) in [6.45, 7) is 1.90. The molecule has 0 aliphatic rings. The molecule has 1 rings (SSSR count). The van der Waals surface area contributed by atoms with Crippen LogP contribution in [0.3, 0.4) is 0 Å². The van der Waals surface area contributed by atoms with Crippen LogP contribution in [0.1, 0.15) is 18.9 Å². The van der Waals surface area contributed by atoms with Gasteiger partial charge in [-0.15, -0.1) is 4.68 Å². The number of nitro groups is 1. The molecule has 0 amide bonds. The standard InChI is InChI=1S/C10H7ClN5O3/c1-2-3-15-10(17)8(11)7(6(4-12)5-13)9(14-15)16(18)19/h2-3H2,1H3/q-1. The Morgan fingerprint density at radius 1 is 1.68 bits per heavy atom. The van der Waals surface area contributed by atoms with Crippen LogP contribution in [0.15, 0.2) is 4.79 Å². The van der Waals surface area contributed by atoms with Crippen molar-refractivity contribution >= 4 is 28.9 Å². The average molecular weight is 281 g/mol. The first-order valence-corrected chi connectivity index (χ1v) is 5.48. The number of rotatable bonds is 4. The largest absolute Gasteiger partial charge is 0.762 e. The molecule has 98 valence electrons. The maximum absolute atomic E-state index is 11.8. The van der Waals surface area contributed by atoms with Crippen molar-refractivity contribution in [1.82, 2.24) is 9.78 Å². The van der Waals surface area contributed by atoms with Gasteiger partial charge in [0.1, 0.15) is 16.7 Å². The van der Waals surface area contributed by atoms with E-state index in [2.05, 4.69) is 5.10 Å². The first-order valence-electron chi connectivity index (χ1n) is 5.10. The van der Waals surface area contributed by atoms with E-state index in [0.29, 0.717) is 6.42 Å². The summed E-state index contributed by atoms with van der Waals surface area (Å²) >= 11 is 5.73. The van der Waals surface area contributed by atoms with E-state index in [4.69, 9.17) is 22.3 Å². The summed E-state index contributed by atoms with van der Waals surface area (Å²) in [7, 11) is 0. The summed E-state index contributed by atoms with van der Waals surface area (Å²) in [6, 6.07) is 1.46. The summed E-state index contributed by atoms with van der Waals surface area (Å²) in [6.07, 6.45) is 0.521. The second-order valence-electron chi connectivity index (χ2n) is 3.40. The van der Waals surface area contributed by atoms with E-state index in [1.807, 2.05) is 0 Å². The van der Waals surface area contributed by atoms with Crippen LogP contribution in [0.5, 0.6) is 0 Å². The molecule has 0 aliphatic carbocycles. The molecule has 0 saturated carbocycles. The Morgan fingerprint density at radius 3 is 2.74 bits per heavy atom. The highest BCUT2D eigenvalue weighted by Crippen LogP contribution is 2.26. The number of halogens is 1. The Morgan fingerprint density at radius 2 is 2.32 bits per heavy atom. The Kier molecular flexibility index (Phi) is 4.53. The third-order valence-electron chi connectivity index (χ3n) is 2.16. The van der Waals surface area contributed by atoms with E-state index in [1.54, 1.807) is 6.92 Å². The predicted octanol–water partition coefficient (Wildman–Crippen LogP) is 1.36. The van der Waals surface area contributed by atoms with Crippen molar-refractivity contribution < 1.29 is 4.92 Å². The van der Waals surface area contributed by atoms with Crippen LogP contribution < -0.4 is 5.56 Å². The Labute approximate surface area is 112 Å². The molecule has 0 fully saturated rings. The van der Waals surface area contributed by atoms with Gasteiger partial charge in [0.15, 0.2) is 0 Å². The lowest BCUT2D eigenvalue weighted by Gasteiger charge is -2.05. The summed E-state index contributed by atoms with van der Waals surface area (Å²) in [5, 5.41) is 31.4. The lowest BCUT2D eigenvalue weighted by molar-refractivity contribution is -0.390. The highest BCUT2D eigenvalue weighted by atomic mass is 35.5.